The molecular formula is C20H28N4O3. The molecule has 0 unspecified atom stereocenters. The van der Waals surface area contributed by atoms with E-state index in [1.54, 1.807) is 7.05 Å². The number of para-hydroxylation sites is 1. The molecule has 7 heteroatoms. The van der Waals surface area contributed by atoms with Crippen molar-refractivity contribution >= 4 is 28.5 Å². The maximum absolute atomic E-state index is 12.8. The monoisotopic (exact) mass is 372 g/mol. The number of nitrogens with one attached hydrogen (secondary N) is 3. The molecule has 1 aromatic carbocycles. The third-order valence-electron chi connectivity index (χ3n) is 4.89. The number of H-pyrrole nitrogens is 1. The largest absolute Gasteiger partial charge is 0.361 e. The molecule has 2 rings (SSSR count). The fourth-order valence-corrected chi connectivity index (χ4v) is 3.29. The molecule has 0 aliphatic rings. The number of Topliss-reactive ketones (excluding diaryl/α,β-unsaturated/α-hetero) is 2. The molecule has 5 N–H and O–H groups in total. The van der Waals surface area contributed by atoms with Gasteiger partial charge >= 0.3 is 6.03 Å². The average Bonchev–Trinajstić information content (AvgIpc) is 3.04. The van der Waals surface area contributed by atoms with Gasteiger partial charge < -0.3 is 21.4 Å². The van der Waals surface area contributed by atoms with Crippen LogP contribution >= 0.6 is 0 Å². The highest BCUT2D eigenvalue weighted by Gasteiger charge is 2.24. The molecule has 1 heterocycles. The molecular weight excluding hydrogens is 344 g/mol. The molecule has 2 aromatic rings. The van der Waals surface area contributed by atoms with E-state index in [9.17, 15) is 14.4 Å². The number of hydrogen-bond acceptors (Lipinski definition) is 4. The third kappa shape index (κ3) is 5.92. The fourth-order valence-electron chi connectivity index (χ4n) is 3.29. The second-order valence-corrected chi connectivity index (χ2v) is 6.82. The summed E-state index contributed by atoms with van der Waals surface area (Å²) in [5, 5.41) is 6.69. The van der Waals surface area contributed by atoms with E-state index < -0.39 is 6.03 Å². The number of hydrogen-bond donors (Lipinski definition) is 4. The van der Waals surface area contributed by atoms with E-state index in [-0.39, 0.29) is 29.9 Å². The van der Waals surface area contributed by atoms with Crippen LogP contribution in [0.5, 0.6) is 0 Å². The van der Waals surface area contributed by atoms with E-state index in [2.05, 4.69) is 15.6 Å². The summed E-state index contributed by atoms with van der Waals surface area (Å²) in [6, 6.07) is 7.04. The van der Waals surface area contributed by atoms with Gasteiger partial charge in [-0.2, -0.15) is 0 Å². The van der Waals surface area contributed by atoms with Crippen molar-refractivity contribution in [2.45, 2.75) is 38.6 Å². The molecule has 0 spiro atoms. The third-order valence-corrected chi connectivity index (χ3v) is 4.89. The first-order valence-corrected chi connectivity index (χ1v) is 9.21. The van der Waals surface area contributed by atoms with Crippen LogP contribution in [0.25, 0.3) is 10.9 Å². The summed E-state index contributed by atoms with van der Waals surface area (Å²) in [5.74, 6) is -0.332. The first kappa shape index (κ1) is 20.6. The minimum atomic E-state index is -0.584. The van der Waals surface area contributed by atoms with Crippen LogP contribution in [-0.2, 0) is 16.0 Å². The first-order chi connectivity index (χ1) is 12.9. The number of ketones is 2. The maximum Gasteiger partial charge on any atom is 0.312 e. The smallest absolute Gasteiger partial charge is 0.312 e. The molecule has 146 valence electrons. The summed E-state index contributed by atoms with van der Waals surface area (Å²) in [4.78, 5) is 38.6. The second kappa shape index (κ2) is 9.87. The number of rotatable bonds is 11. The number of likely N-dealkylation sites (N-methyl/N-ethyl adjacent to an activating group) is 1. The predicted molar refractivity (Wildman–Crippen MR) is 105 cm³/mol. The Morgan fingerprint density at radius 2 is 1.96 bits per heavy atom. The first-order valence-electron chi connectivity index (χ1n) is 9.21. The highest BCUT2D eigenvalue weighted by Crippen LogP contribution is 2.21. The van der Waals surface area contributed by atoms with Crippen molar-refractivity contribution in [1.82, 2.24) is 15.6 Å². The van der Waals surface area contributed by atoms with Gasteiger partial charge in [-0.3, -0.25) is 9.59 Å². The van der Waals surface area contributed by atoms with Crippen molar-refractivity contribution in [2.24, 2.45) is 11.7 Å². The van der Waals surface area contributed by atoms with Gasteiger partial charge in [0.1, 0.15) is 5.78 Å². The van der Waals surface area contributed by atoms with Crippen LogP contribution in [0.2, 0.25) is 0 Å². The number of urea groups is 1. The number of benzene rings is 1. The van der Waals surface area contributed by atoms with Crippen LogP contribution in [0.3, 0.4) is 0 Å². The zero-order chi connectivity index (χ0) is 19.8. The zero-order valence-corrected chi connectivity index (χ0v) is 15.9. The Hall–Kier alpha value is -2.67. The predicted octanol–water partition coefficient (Wildman–Crippen LogP) is 1.91. The van der Waals surface area contributed by atoms with Crippen LogP contribution in [0.4, 0.5) is 4.79 Å². The van der Waals surface area contributed by atoms with Gasteiger partial charge in [0.05, 0.1) is 6.04 Å². The van der Waals surface area contributed by atoms with Crippen LogP contribution in [0, 0.1) is 5.92 Å². The van der Waals surface area contributed by atoms with Gasteiger partial charge in [0.25, 0.3) is 0 Å². The summed E-state index contributed by atoms with van der Waals surface area (Å²) in [5.41, 5.74) is 7.14. The number of primary amides is 1. The number of fused-ring (bicyclic) bond motifs is 1. The molecule has 0 saturated heterocycles. The lowest BCUT2D eigenvalue weighted by atomic mass is 9.89. The molecule has 0 aliphatic heterocycles. The minimum Gasteiger partial charge on any atom is -0.361 e. The lowest BCUT2D eigenvalue weighted by Crippen LogP contribution is -2.38. The molecule has 1 aromatic heterocycles. The van der Waals surface area contributed by atoms with Crippen molar-refractivity contribution in [2.75, 3.05) is 13.6 Å². The Kier molecular flexibility index (Phi) is 7.55. The van der Waals surface area contributed by atoms with Crippen LogP contribution in [0.15, 0.2) is 30.5 Å². The lowest BCUT2D eigenvalue weighted by Gasteiger charge is -2.19. The zero-order valence-electron chi connectivity index (χ0n) is 15.9. The number of aromatic nitrogens is 1. The molecule has 7 nitrogen and oxygen atoms in total. The Morgan fingerprint density at radius 1 is 1.22 bits per heavy atom. The van der Waals surface area contributed by atoms with Gasteiger partial charge in [-0.25, -0.2) is 4.79 Å². The molecule has 27 heavy (non-hydrogen) atoms. The highest BCUT2D eigenvalue weighted by atomic mass is 16.2. The summed E-state index contributed by atoms with van der Waals surface area (Å²) < 4.78 is 0. The number of aromatic amines is 1. The SMILES string of the molecule is CN[C@@H](Cc1c[nH]c2ccccc12)C(=O)C[C@H](CCCNC(N)=O)C(C)=O. The van der Waals surface area contributed by atoms with Crippen LogP contribution in [-0.4, -0.2) is 42.2 Å². The minimum absolute atomic E-state index is 0.00984. The number of carbonyl (C=O) groups is 3. The molecule has 0 bridgehead atoms. The van der Waals surface area contributed by atoms with Crippen molar-refractivity contribution in [3.63, 3.8) is 0 Å². The van der Waals surface area contributed by atoms with Crippen molar-refractivity contribution in [1.29, 1.82) is 0 Å². The topological polar surface area (TPSA) is 117 Å². The van der Waals surface area contributed by atoms with E-state index >= 15 is 0 Å². The number of amides is 2. The Bertz CT molecular complexity index is 799. The molecule has 2 amide bonds. The lowest BCUT2D eigenvalue weighted by molar-refractivity contribution is -0.128. The fraction of sp³-hybridized carbons (Fsp3) is 0.450. The van der Waals surface area contributed by atoms with Gasteiger partial charge in [0.15, 0.2) is 5.78 Å². The Balaban J connectivity index is 1.97. The van der Waals surface area contributed by atoms with E-state index in [4.69, 9.17) is 5.73 Å². The number of nitrogens with two attached hydrogens (primary N) is 1. The second-order valence-electron chi connectivity index (χ2n) is 6.82. The summed E-state index contributed by atoms with van der Waals surface area (Å²) in [7, 11) is 1.76. The van der Waals surface area contributed by atoms with Gasteiger partial charge in [-0.15, -0.1) is 0 Å². The quantitative estimate of drug-likeness (QED) is 0.451. The molecule has 0 aliphatic carbocycles. The van der Waals surface area contributed by atoms with Crippen molar-refractivity contribution < 1.29 is 14.4 Å². The summed E-state index contributed by atoms with van der Waals surface area (Å²) >= 11 is 0. The number of carbonyl (C=O) groups excluding carboxylic acids is 3. The van der Waals surface area contributed by atoms with E-state index in [1.165, 1.54) is 6.92 Å². The average molecular weight is 372 g/mol. The Morgan fingerprint density at radius 3 is 2.63 bits per heavy atom. The van der Waals surface area contributed by atoms with E-state index in [1.807, 2.05) is 30.5 Å². The van der Waals surface area contributed by atoms with Gasteiger partial charge in [-0.05, 0) is 44.9 Å². The molecule has 0 saturated carbocycles. The maximum atomic E-state index is 12.8. The summed E-state index contributed by atoms with van der Waals surface area (Å²) in [6.07, 6.45) is 3.84. The molecule has 0 radical (unpaired) electrons. The highest BCUT2D eigenvalue weighted by molar-refractivity contribution is 5.91. The molecule has 2 atom stereocenters. The van der Waals surface area contributed by atoms with E-state index in [0.29, 0.717) is 25.8 Å². The van der Waals surface area contributed by atoms with Crippen molar-refractivity contribution in [3.05, 3.63) is 36.0 Å². The summed E-state index contributed by atoms with van der Waals surface area (Å²) in [6.45, 7) is 1.91. The van der Waals surface area contributed by atoms with Gasteiger partial charge in [-0.1, -0.05) is 18.2 Å². The van der Waals surface area contributed by atoms with Crippen LogP contribution < -0.4 is 16.4 Å². The van der Waals surface area contributed by atoms with Gasteiger partial charge in [0.2, 0.25) is 0 Å². The molecule has 0 fully saturated rings. The van der Waals surface area contributed by atoms with Gasteiger partial charge in [0, 0.05) is 36.0 Å². The standard InChI is InChI=1S/C20H28N4O3/c1-13(25)14(6-5-9-23-20(21)27)11-19(26)18(22-2)10-15-12-24-17-8-4-3-7-16(15)17/h3-4,7-8,12,14,18,22,24H,5-6,9-11H2,1-2H3,(H3,21,23,27)/t14-,18-/m0/s1. The van der Waals surface area contributed by atoms with E-state index in [0.717, 1.165) is 16.5 Å². The van der Waals surface area contributed by atoms with Crippen molar-refractivity contribution in [3.8, 4) is 0 Å². The Labute approximate surface area is 159 Å². The van der Waals surface area contributed by atoms with Crippen LogP contribution in [0.1, 0.15) is 31.7 Å². The normalized spacial score (nSPS) is 13.3.